The fraction of sp³-hybridized carbons (Fsp3) is 0.0714. The van der Waals surface area contributed by atoms with Crippen LogP contribution in [0.5, 0.6) is 0 Å². The lowest BCUT2D eigenvalue weighted by molar-refractivity contribution is 0.790. The fourth-order valence-corrected chi connectivity index (χ4v) is 2.77. The summed E-state index contributed by atoms with van der Waals surface area (Å²) in [6.45, 7) is 2.03. The third-order valence-electron chi connectivity index (χ3n) is 3.14. The van der Waals surface area contributed by atoms with Crippen molar-refractivity contribution in [2.45, 2.75) is 6.92 Å². The summed E-state index contributed by atoms with van der Waals surface area (Å²) >= 11 is 7.02. The van der Waals surface area contributed by atoms with Gasteiger partial charge in [0.15, 0.2) is 5.82 Å². The second-order valence-corrected chi connectivity index (χ2v) is 6.20. The molecule has 0 atom stereocenters. The van der Waals surface area contributed by atoms with Crippen molar-refractivity contribution < 1.29 is 0 Å². The first-order valence-electron chi connectivity index (χ1n) is 6.17. The first-order chi connectivity index (χ1) is 10.1. The van der Waals surface area contributed by atoms with Crippen LogP contribution in [0, 0.1) is 6.92 Å². The molecule has 0 unspecified atom stereocenters. The summed E-state index contributed by atoms with van der Waals surface area (Å²) in [7, 11) is 0. The number of rotatable bonds is 2. The topological polar surface area (TPSA) is 69.6 Å². The van der Waals surface area contributed by atoms with E-state index in [9.17, 15) is 0 Å². The van der Waals surface area contributed by atoms with E-state index in [-0.39, 0.29) is 0 Å². The van der Waals surface area contributed by atoms with E-state index >= 15 is 0 Å². The summed E-state index contributed by atoms with van der Waals surface area (Å²) in [6, 6.07) is 11.6. The monoisotopic (exact) mass is 407 g/mol. The Labute approximate surface area is 138 Å². The molecule has 5 nitrogen and oxygen atoms in total. The first-order valence-corrected chi connectivity index (χ1v) is 7.76. The predicted octanol–water partition coefficient (Wildman–Crippen LogP) is 3.74. The second kappa shape index (κ2) is 5.57. The number of nitrogen functional groups attached to an aromatic ring is 1. The number of tetrazole rings is 1. The minimum Gasteiger partial charge on any atom is -0.398 e. The van der Waals surface area contributed by atoms with Gasteiger partial charge in [0.25, 0.3) is 0 Å². The number of aryl methyl sites for hydroxylation is 1. The number of nitrogens with two attached hydrogens (primary N) is 1. The molecule has 3 aromatic rings. The summed E-state index contributed by atoms with van der Waals surface area (Å²) in [5, 5.41) is 12.0. The van der Waals surface area contributed by atoms with E-state index in [1.807, 2.05) is 43.3 Å². The third-order valence-corrected chi connectivity index (χ3v) is 4.88. The number of hydrogen-bond donors (Lipinski definition) is 1. The number of nitrogens with zero attached hydrogens (tertiary/aromatic N) is 4. The molecule has 0 aliphatic carbocycles. The lowest BCUT2D eigenvalue weighted by atomic mass is 10.2. The summed E-state index contributed by atoms with van der Waals surface area (Å²) < 4.78 is 3.48. The normalized spacial score (nSPS) is 10.8. The highest BCUT2D eigenvalue weighted by molar-refractivity contribution is 9.11. The van der Waals surface area contributed by atoms with Gasteiger partial charge in [-0.25, -0.2) is 0 Å². The highest BCUT2D eigenvalue weighted by atomic mass is 79.9. The van der Waals surface area contributed by atoms with Crippen LogP contribution >= 0.6 is 31.9 Å². The second-order valence-electron chi connectivity index (χ2n) is 4.56. The lowest BCUT2D eigenvalue weighted by Crippen LogP contribution is -2.01. The van der Waals surface area contributed by atoms with Gasteiger partial charge in [-0.05, 0) is 63.1 Å². The van der Waals surface area contributed by atoms with Gasteiger partial charge in [-0.1, -0.05) is 28.1 Å². The van der Waals surface area contributed by atoms with Crippen LogP contribution in [0.3, 0.4) is 0 Å². The van der Waals surface area contributed by atoms with Crippen molar-refractivity contribution in [1.82, 2.24) is 20.2 Å². The number of hydrogen-bond acceptors (Lipinski definition) is 4. The Bertz CT molecular complexity index is 813. The largest absolute Gasteiger partial charge is 0.398 e. The van der Waals surface area contributed by atoms with Gasteiger partial charge in [0.1, 0.15) is 0 Å². The number of aromatic nitrogens is 4. The molecule has 0 fully saturated rings. The van der Waals surface area contributed by atoms with Crippen molar-refractivity contribution in [1.29, 1.82) is 0 Å². The van der Waals surface area contributed by atoms with Crippen molar-refractivity contribution in [3.8, 4) is 17.1 Å². The Morgan fingerprint density at radius 1 is 1.14 bits per heavy atom. The maximum absolute atomic E-state index is 5.93. The molecular formula is C14H11Br2N5. The molecule has 21 heavy (non-hydrogen) atoms. The Hall–Kier alpha value is -1.73. The highest BCUT2D eigenvalue weighted by Crippen LogP contribution is 2.32. The molecule has 2 aromatic carbocycles. The van der Waals surface area contributed by atoms with Crippen molar-refractivity contribution in [3.63, 3.8) is 0 Å². The zero-order valence-corrected chi connectivity index (χ0v) is 14.3. The zero-order chi connectivity index (χ0) is 15.0. The molecule has 0 saturated carbocycles. The molecule has 0 saturated heterocycles. The van der Waals surface area contributed by atoms with Gasteiger partial charge in [0.05, 0.1) is 10.2 Å². The maximum Gasteiger partial charge on any atom is 0.188 e. The minimum atomic E-state index is 0.630. The van der Waals surface area contributed by atoms with E-state index in [1.54, 1.807) is 4.68 Å². The average molecular weight is 409 g/mol. The molecule has 2 N–H and O–H groups in total. The Morgan fingerprint density at radius 3 is 2.71 bits per heavy atom. The van der Waals surface area contributed by atoms with E-state index in [0.717, 1.165) is 25.8 Å². The molecule has 1 aromatic heterocycles. The fourth-order valence-electron chi connectivity index (χ4n) is 1.97. The molecule has 3 rings (SSSR count). The summed E-state index contributed by atoms with van der Waals surface area (Å²) in [6.07, 6.45) is 0. The highest BCUT2D eigenvalue weighted by Gasteiger charge is 2.15. The lowest BCUT2D eigenvalue weighted by Gasteiger charge is -2.09. The van der Waals surface area contributed by atoms with Crippen molar-refractivity contribution in [2.75, 3.05) is 5.73 Å². The van der Waals surface area contributed by atoms with Gasteiger partial charge in [0, 0.05) is 15.7 Å². The molecule has 7 heteroatoms. The van der Waals surface area contributed by atoms with E-state index in [0.29, 0.717) is 11.5 Å². The number of anilines is 1. The standard InChI is InChI=1S/C14H11Br2N5/c1-8-5-6-9(7-11(8)15)21-14(18-19-20-21)10-3-2-4-12(17)13(10)16/h2-7H,17H2,1H3. The number of benzene rings is 2. The van der Waals surface area contributed by atoms with Crippen molar-refractivity contribution in [3.05, 3.63) is 50.9 Å². The minimum absolute atomic E-state index is 0.630. The molecular weight excluding hydrogens is 398 g/mol. The van der Waals surface area contributed by atoms with Crippen molar-refractivity contribution >= 4 is 37.5 Å². The molecule has 0 spiro atoms. The molecule has 0 bridgehead atoms. The van der Waals surface area contributed by atoms with Crippen LogP contribution in [-0.2, 0) is 0 Å². The Morgan fingerprint density at radius 2 is 1.95 bits per heavy atom. The smallest absolute Gasteiger partial charge is 0.188 e. The van der Waals surface area contributed by atoms with Crippen LogP contribution in [0.25, 0.3) is 17.1 Å². The van der Waals surface area contributed by atoms with Crippen molar-refractivity contribution in [2.24, 2.45) is 0 Å². The molecule has 0 amide bonds. The Kier molecular flexibility index (Phi) is 3.77. The van der Waals surface area contributed by atoms with Gasteiger partial charge in [-0.15, -0.1) is 5.10 Å². The summed E-state index contributed by atoms with van der Waals surface area (Å²) in [5.41, 5.74) is 9.44. The molecule has 0 aliphatic rings. The van der Waals surface area contributed by atoms with E-state index < -0.39 is 0 Å². The zero-order valence-electron chi connectivity index (χ0n) is 11.1. The van der Waals surface area contributed by atoms with Crippen LogP contribution in [0.15, 0.2) is 45.3 Å². The van der Waals surface area contributed by atoms with Crippen LogP contribution in [0.1, 0.15) is 5.56 Å². The van der Waals surface area contributed by atoms with E-state index in [2.05, 4.69) is 47.4 Å². The Balaban J connectivity index is 2.17. The van der Waals surface area contributed by atoms with Gasteiger partial charge in [-0.2, -0.15) is 4.68 Å². The van der Waals surface area contributed by atoms with Gasteiger partial charge in [-0.3, -0.25) is 0 Å². The van der Waals surface area contributed by atoms with E-state index in [4.69, 9.17) is 5.73 Å². The van der Waals surface area contributed by atoms with Gasteiger partial charge >= 0.3 is 0 Å². The van der Waals surface area contributed by atoms with Gasteiger partial charge < -0.3 is 5.73 Å². The van der Waals surface area contributed by atoms with Crippen LogP contribution in [0.2, 0.25) is 0 Å². The SMILES string of the molecule is Cc1ccc(-n2nnnc2-c2cccc(N)c2Br)cc1Br. The molecule has 0 aliphatic heterocycles. The molecule has 106 valence electrons. The van der Waals surface area contributed by atoms with Crippen LogP contribution < -0.4 is 5.73 Å². The summed E-state index contributed by atoms with van der Waals surface area (Å²) in [4.78, 5) is 0. The van der Waals surface area contributed by atoms with Crippen LogP contribution in [-0.4, -0.2) is 20.2 Å². The van der Waals surface area contributed by atoms with Gasteiger partial charge in [0.2, 0.25) is 0 Å². The average Bonchev–Trinajstić information content (AvgIpc) is 2.94. The maximum atomic E-state index is 5.93. The third kappa shape index (κ3) is 2.58. The number of halogens is 2. The van der Waals surface area contributed by atoms with Crippen LogP contribution in [0.4, 0.5) is 5.69 Å². The molecule has 1 heterocycles. The molecule has 0 radical (unpaired) electrons. The quantitative estimate of drug-likeness (QED) is 0.655. The first kappa shape index (κ1) is 14.2. The predicted molar refractivity (Wildman–Crippen MR) is 89.1 cm³/mol. The summed E-state index contributed by atoms with van der Waals surface area (Å²) in [5.74, 6) is 0.630. The van der Waals surface area contributed by atoms with E-state index in [1.165, 1.54) is 0 Å².